The second-order valence-electron chi connectivity index (χ2n) is 15.7. The third-order valence-electron chi connectivity index (χ3n) is 12.0. The van der Waals surface area contributed by atoms with Crippen LogP contribution in [0, 0.1) is 0 Å². The largest absolute Gasteiger partial charge is 0.310 e. The number of nitrogens with zero attached hydrogens (tertiary/aromatic N) is 2. The molecule has 0 aliphatic heterocycles. The molecule has 0 aliphatic rings. The van der Waals surface area contributed by atoms with Crippen LogP contribution in [0.2, 0.25) is 0 Å². The molecule has 0 saturated heterocycles. The van der Waals surface area contributed by atoms with Gasteiger partial charge < -0.3 is 9.47 Å². The van der Waals surface area contributed by atoms with E-state index in [4.69, 9.17) is 0 Å². The quantitative estimate of drug-likeness (QED) is 0.141. The molecular formula is C60H42N2. The molecule has 11 rings (SSSR count). The normalized spacial score (nSPS) is 11.2. The highest BCUT2D eigenvalue weighted by atomic mass is 15.1. The van der Waals surface area contributed by atoms with Crippen LogP contribution in [0.3, 0.4) is 0 Å². The van der Waals surface area contributed by atoms with Crippen molar-refractivity contribution < 1.29 is 0 Å². The first-order valence-corrected chi connectivity index (χ1v) is 21.3. The van der Waals surface area contributed by atoms with Gasteiger partial charge in [0.2, 0.25) is 0 Å². The van der Waals surface area contributed by atoms with Gasteiger partial charge in [0.05, 0.1) is 16.7 Å². The zero-order valence-corrected chi connectivity index (χ0v) is 34.1. The van der Waals surface area contributed by atoms with Crippen LogP contribution >= 0.6 is 0 Å². The van der Waals surface area contributed by atoms with Crippen molar-refractivity contribution in [3.8, 4) is 61.3 Å². The van der Waals surface area contributed by atoms with Gasteiger partial charge in [-0.1, -0.05) is 206 Å². The highest BCUT2D eigenvalue weighted by molar-refractivity contribution is 6.09. The molecule has 0 amide bonds. The molecular weight excluding hydrogens is 749 g/mol. The number of anilines is 3. The lowest BCUT2D eigenvalue weighted by molar-refractivity contribution is 1.17. The fourth-order valence-corrected chi connectivity index (χ4v) is 9.13. The van der Waals surface area contributed by atoms with Crippen LogP contribution in [0.25, 0.3) is 83.1 Å². The first kappa shape index (κ1) is 36.8. The highest BCUT2D eigenvalue weighted by Crippen LogP contribution is 2.48. The number of hydrogen-bond acceptors (Lipinski definition) is 1. The molecule has 1 aromatic heterocycles. The van der Waals surface area contributed by atoms with Gasteiger partial charge in [0.15, 0.2) is 0 Å². The Labute approximate surface area is 362 Å². The Bertz CT molecular complexity index is 3260. The number of fused-ring (bicyclic) bond motifs is 3. The molecule has 0 N–H and O–H groups in total. The summed E-state index contributed by atoms with van der Waals surface area (Å²) in [7, 11) is 0. The van der Waals surface area contributed by atoms with E-state index in [1.54, 1.807) is 0 Å². The summed E-state index contributed by atoms with van der Waals surface area (Å²) in [6, 6.07) is 92.1. The van der Waals surface area contributed by atoms with Gasteiger partial charge in [-0.3, -0.25) is 0 Å². The zero-order chi connectivity index (χ0) is 41.2. The first-order valence-electron chi connectivity index (χ1n) is 21.3. The number of rotatable bonds is 9. The molecule has 0 atom stereocenters. The van der Waals surface area contributed by atoms with Crippen LogP contribution in [0.5, 0.6) is 0 Å². The number of benzene rings is 10. The highest BCUT2D eigenvalue weighted by Gasteiger charge is 2.23. The van der Waals surface area contributed by atoms with Crippen LogP contribution in [-0.2, 0) is 0 Å². The van der Waals surface area contributed by atoms with Crippen molar-refractivity contribution in [1.82, 2.24) is 4.57 Å². The molecule has 0 saturated carbocycles. The minimum absolute atomic E-state index is 1.06. The molecule has 11 aromatic rings. The topological polar surface area (TPSA) is 8.17 Å². The third-order valence-corrected chi connectivity index (χ3v) is 12.0. The summed E-state index contributed by atoms with van der Waals surface area (Å²) in [5, 5.41) is 2.49. The van der Waals surface area contributed by atoms with E-state index in [0.717, 1.165) is 22.7 Å². The van der Waals surface area contributed by atoms with Gasteiger partial charge in [-0.15, -0.1) is 0 Å². The Kier molecular flexibility index (Phi) is 9.57. The fourth-order valence-electron chi connectivity index (χ4n) is 9.13. The molecule has 0 fully saturated rings. The van der Waals surface area contributed by atoms with E-state index in [-0.39, 0.29) is 0 Å². The van der Waals surface area contributed by atoms with E-state index < -0.39 is 0 Å². The molecule has 0 radical (unpaired) electrons. The number of hydrogen-bond donors (Lipinski definition) is 0. The second kappa shape index (κ2) is 16.1. The van der Waals surface area contributed by atoms with Crippen LogP contribution in [0.4, 0.5) is 17.1 Å². The minimum atomic E-state index is 1.06. The molecule has 0 unspecified atom stereocenters. The fraction of sp³-hybridized carbons (Fsp3) is 0. The zero-order valence-electron chi connectivity index (χ0n) is 34.1. The van der Waals surface area contributed by atoms with E-state index >= 15 is 0 Å². The minimum Gasteiger partial charge on any atom is -0.310 e. The first-order chi connectivity index (χ1) is 30.8. The van der Waals surface area contributed by atoms with E-state index in [2.05, 4.69) is 264 Å². The van der Waals surface area contributed by atoms with Crippen molar-refractivity contribution in [2.75, 3.05) is 4.90 Å². The van der Waals surface area contributed by atoms with Crippen molar-refractivity contribution in [3.05, 3.63) is 255 Å². The van der Waals surface area contributed by atoms with Crippen molar-refractivity contribution in [3.63, 3.8) is 0 Å². The molecule has 1 heterocycles. The van der Waals surface area contributed by atoms with E-state index in [1.165, 1.54) is 77.4 Å². The van der Waals surface area contributed by atoms with Gasteiger partial charge in [-0.2, -0.15) is 0 Å². The SMILES string of the molecule is c1ccc(-c2ccc(-c3ccc(N(c4cccc(-n5c6ccccc6c6ccccc65)c4)c4cccc(-c5ccccc5)c4-c4ccccc4-c4ccccc4)cc3)cc2)cc1. The maximum Gasteiger partial charge on any atom is 0.0546 e. The van der Waals surface area contributed by atoms with Gasteiger partial charge in [0.1, 0.15) is 0 Å². The summed E-state index contributed by atoms with van der Waals surface area (Å²) in [4.78, 5) is 2.45. The summed E-state index contributed by atoms with van der Waals surface area (Å²) in [5.41, 5.74) is 18.5. The Morgan fingerprint density at radius 3 is 1.31 bits per heavy atom. The van der Waals surface area contributed by atoms with Crippen molar-refractivity contribution in [1.29, 1.82) is 0 Å². The Morgan fingerprint density at radius 1 is 0.274 bits per heavy atom. The molecule has 10 aromatic carbocycles. The van der Waals surface area contributed by atoms with Gasteiger partial charge in [0.25, 0.3) is 0 Å². The molecule has 0 aliphatic carbocycles. The van der Waals surface area contributed by atoms with Crippen LogP contribution < -0.4 is 4.90 Å². The lowest BCUT2D eigenvalue weighted by atomic mass is 9.87. The van der Waals surface area contributed by atoms with Crippen LogP contribution in [-0.4, -0.2) is 4.57 Å². The Morgan fingerprint density at radius 2 is 0.710 bits per heavy atom. The molecule has 292 valence electrons. The summed E-state index contributed by atoms with van der Waals surface area (Å²) in [5.74, 6) is 0. The number of para-hydroxylation sites is 2. The average Bonchev–Trinajstić information content (AvgIpc) is 3.70. The average molecular weight is 791 g/mol. The maximum absolute atomic E-state index is 2.45. The predicted molar refractivity (Wildman–Crippen MR) is 263 cm³/mol. The molecule has 2 nitrogen and oxygen atoms in total. The molecule has 0 spiro atoms. The molecule has 62 heavy (non-hydrogen) atoms. The standard InChI is InChI=1S/C60H42N2/c1-4-18-43(19-5-1)44-34-36-45(37-35-44)46-38-40-49(41-39-46)61(50-24-16-25-51(42-50)62-57-31-14-12-27-54(57)55-28-13-15-32-58(55)62)59-33-17-30-53(48-22-8-3-9-23-48)60(59)56-29-11-10-26-52(56)47-20-6-2-7-21-47/h1-42H. The van der Waals surface area contributed by atoms with Crippen LogP contribution in [0.15, 0.2) is 255 Å². The summed E-state index contributed by atoms with van der Waals surface area (Å²) in [6.45, 7) is 0. The molecule has 0 bridgehead atoms. The van der Waals surface area contributed by atoms with Crippen LogP contribution in [0.1, 0.15) is 0 Å². The monoisotopic (exact) mass is 790 g/mol. The Hall–Kier alpha value is -8.20. The number of aromatic nitrogens is 1. The summed E-state index contributed by atoms with van der Waals surface area (Å²) < 4.78 is 2.40. The van der Waals surface area contributed by atoms with Crippen molar-refractivity contribution in [2.24, 2.45) is 0 Å². The second-order valence-corrected chi connectivity index (χ2v) is 15.7. The van der Waals surface area contributed by atoms with Crippen molar-refractivity contribution >= 4 is 38.9 Å². The molecule has 2 heteroatoms. The predicted octanol–water partition coefficient (Wildman–Crippen LogP) is 16.6. The maximum atomic E-state index is 2.45. The lowest BCUT2D eigenvalue weighted by Crippen LogP contribution is -2.12. The van der Waals surface area contributed by atoms with Gasteiger partial charge >= 0.3 is 0 Å². The summed E-state index contributed by atoms with van der Waals surface area (Å²) in [6.07, 6.45) is 0. The van der Waals surface area contributed by atoms with Gasteiger partial charge in [-0.05, 0) is 98.6 Å². The van der Waals surface area contributed by atoms with E-state index in [9.17, 15) is 0 Å². The lowest BCUT2D eigenvalue weighted by Gasteiger charge is -2.30. The van der Waals surface area contributed by atoms with E-state index in [1.807, 2.05) is 0 Å². The summed E-state index contributed by atoms with van der Waals surface area (Å²) >= 11 is 0. The van der Waals surface area contributed by atoms with Crippen molar-refractivity contribution in [2.45, 2.75) is 0 Å². The van der Waals surface area contributed by atoms with Gasteiger partial charge in [-0.25, -0.2) is 0 Å². The Balaban J connectivity index is 1.13. The van der Waals surface area contributed by atoms with E-state index in [0.29, 0.717) is 0 Å². The third kappa shape index (κ3) is 6.74. The smallest absolute Gasteiger partial charge is 0.0546 e. The van der Waals surface area contributed by atoms with Gasteiger partial charge in [0, 0.05) is 33.4 Å².